The summed E-state index contributed by atoms with van der Waals surface area (Å²) in [7, 11) is 2.14. The Morgan fingerprint density at radius 2 is 2.37 bits per heavy atom. The Balaban J connectivity index is 2.00. The van der Waals surface area contributed by atoms with Gasteiger partial charge in [-0.15, -0.1) is 0 Å². The zero-order chi connectivity index (χ0) is 13.7. The fourth-order valence-electron chi connectivity index (χ4n) is 2.34. The van der Waals surface area contributed by atoms with Gasteiger partial charge in [0.25, 0.3) is 0 Å². The molecule has 0 aliphatic carbocycles. The SMILES string of the molecule is CCOCc1nc(N)cc(NC2CCCN(C)C2)n1. The molecule has 1 aliphatic rings. The van der Waals surface area contributed by atoms with Crippen LogP contribution >= 0.6 is 0 Å². The molecule has 1 aromatic heterocycles. The van der Waals surface area contributed by atoms with E-state index in [4.69, 9.17) is 10.5 Å². The monoisotopic (exact) mass is 265 g/mol. The summed E-state index contributed by atoms with van der Waals surface area (Å²) in [5, 5.41) is 3.44. The molecule has 6 nitrogen and oxygen atoms in total. The molecule has 0 amide bonds. The summed E-state index contributed by atoms with van der Waals surface area (Å²) in [4.78, 5) is 10.9. The van der Waals surface area contributed by atoms with E-state index in [9.17, 15) is 0 Å². The van der Waals surface area contributed by atoms with Crippen molar-refractivity contribution in [1.29, 1.82) is 0 Å². The number of likely N-dealkylation sites (N-methyl/N-ethyl adjacent to an activating group) is 1. The van der Waals surface area contributed by atoms with Crippen LogP contribution in [-0.2, 0) is 11.3 Å². The normalized spacial score (nSPS) is 20.4. The minimum absolute atomic E-state index is 0.404. The molecule has 1 saturated heterocycles. The second kappa shape index (κ2) is 6.68. The lowest BCUT2D eigenvalue weighted by Gasteiger charge is -2.30. The highest BCUT2D eigenvalue weighted by Gasteiger charge is 2.17. The molecule has 106 valence electrons. The average Bonchev–Trinajstić information content (AvgIpc) is 2.35. The Bertz CT molecular complexity index is 412. The minimum Gasteiger partial charge on any atom is -0.384 e. The van der Waals surface area contributed by atoms with Crippen molar-refractivity contribution in [3.05, 3.63) is 11.9 Å². The maximum Gasteiger partial charge on any atom is 0.158 e. The maximum absolute atomic E-state index is 5.81. The number of piperidine rings is 1. The van der Waals surface area contributed by atoms with Crippen LogP contribution in [0.4, 0.5) is 11.6 Å². The summed E-state index contributed by atoms with van der Waals surface area (Å²) in [5.74, 6) is 1.91. The van der Waals surface area contributed by atoms with E-state index in [1.165, 1.54) is 13.0 Å². The fraction of sp³-hybridized carbons (Fsp3) is 0.692. The van der Waals surface area contributed by atoms with Gasteiger partial charge in [0, 0.05) is 25.3 Å². The largest absolute Gasteiger partial charge is 0.384 e. The summed E-state index contributed by atoms with van der Waals surface area (Å²) in [6.07, 6.45) is 2.37. The molecule has 1 atom stereocenters. The smallest absolute Gasteiger partial charge is 0.158 e. The average molecular weight is 265 g/mol. The zero-order valence-electron chi connectivity index (χ0n) is 11.7. The Hall–Kier alpha value is -1.40. The highest BCUT2D eigenvalue weighted by atomic mass is 16.5. The van der Waals surface area contributed by atoms with E-state index >= 15 is 0 Å². The summed E-state index contributed by atoms with van der Waals surface area (Å²) in [6, 6.07) is 2.21. The lowest BCUT2D eigenvalue weighted by Crippen LogP contribution is -2.40. The lowest BCUT2D eigenvalue weighted by atomic mass is 10.1. The quantitative estimate of drug-likeness (QED) is 0.830. The molecular formula is C13H23N5O. The molecule has 0 radical (unpaired) electrons. The second-order valence-electron chi connectivity index (χ2n) is 4.98. The van der Waals surface area contributed by atoms with Crippen LogP contribution in [0, 0.1) is 0 Å². The third-order valence-corrected chi connectivity index (χ3v) is 3.20. The number of nitrogen functional groups attached to an aromatic ring is 1. The predicted octanol–water partition coefficient (Wildman–Crippen LogP) is 1.10. The van der Waals surface area contributed by atoms with Gasteiger partial charge in [-0.1, -0.05) is 0 Å². The van der Waals surface area contributed by atoms with E-state index in [-0.39, 0.29) is 0 Å². The van der Waals surface area contributed by atoms with Crippen molar-refractivity contribution < 1.29 is 4.74 Å². The fourth-order valence-corrected chi connectivity index (χ4v) is 2.34. The van der Waals surface area contributed by atoms with Crippen molar-refractivity contribution >= 4 is 11.6 Å². The van der Waals surface area contributed by atoms with E-state index in [1.807, 2.05) is 6.92 Å². The van der Waals surface area contributed by atoms with Gasteiger partial charge in [-0.05, 0) is 33.4 Å². The number of ether oxygens (including phenoxy) is 1. The maximum atomic E-state index is 5.81. The molecule has 1 aromatic rings. The van der Waals surface area contributed by atoms with Crippen LogP contribution in [0.15, 0.2) is 6.07 Å². The van der Waals surface area contributed by atoms with Gasteiger partial charge in [0.1, 0.15) is 18.2 Å². The molecule has 0 bridgehead atoms. The van der Waals surface area contributed by atoms with Crippen LogP contribution in [0.3, 0.4) is 0 Å². The zero-order valence-corrected chi connectivity index (χ0v) is 11.7. The third kappa shape index (κ3) is 4.33. The van der Waals surface area contributed by atoms with Crippen LogP contribution in [0.5, 0.6) is 0 Å². The number of nitrogens with one attached hydrogen (secondary N) is 1. The highest BCUT2D eigenvalue weighted by Crippen LogP contribution is 2.15. The van der Waals surface area contributed by atoms with Gasteiger partial charge in [-0.2, -0.15) is 0 Å². The molecule has 0 aromatic carbocycles. The molecule has 2 heterocycles. The van der Waals surface area contributed by atoms with Crippen molar-refractivity contribution in [3.63, 3.8) is 0 Å². The van der Waals surface area contributed by atoms with E-state index in [0.717, 1.165) is 18.8 Å². The van der Waals surface area contributed by atoms with Crippen molar-refractivity contribution in [2.24, 2.45) is 0 Å². The number of nitrogens with two attached hydrogens (primary N) is 1. The Labute approximate surface area is 114 Å². The van der Waals surface area contributed by atoms with E-state index in [2.05, 4.69) is 27.2 Å². The first-order valence-corrected chi connectivity index (χ1v) is 6.83. The lowest BCUT2D eigenvalue weighted by molar-refractivity contribution is 0.128. The van der Waals surface area contributed by atoms with E-state index in [1.54, 1.807) is 6.07 Å². The standard InChI is InChI=1S/C13H23N5O/c1-3-19-9-13-16-11(14)7-12(17-13)15-10-5-4-6-18(2)8-10/h7,10H,3-6,8-9H2,1-2H3,(H3,14,15,16,17). The number of aromatic nitrogens is 2. The molecular weight excluding hydrogens is 242 g/mol. The van der Waals surface area contributed by atoms with Crippen molar-refractivity contribution in [3.8, 4) is 0 Å². The number of nitrogens with zero attached hydrogens (tertiary/aromatic N) is 3. The molecule has 1 unspecified atom stereocenters. The second-order valence-corrected chi connectivity index (χ2v) is 4.98. The molecule has 19 heavy (non-hydrogen) atoms. The van der Waals surface area contributed by atoms with Crippen LogP contribution in [-0.4, -0.2) is 47.7 Å². The van der Waals surface area contributed by atoms with Crippen LogP contribution in [0.2, 0.25) is 0 Å². The number of likely N-dealkylation sites (tertiary alicyclic amines) is 1. The van der Waals surface area contributed by atoms with Gasteiger partial charge in [0.2, 0.25) is 0 Å². The Morgan fingerprint density at radius 3 is 3.11 bits per heavy atom. The molecule has 0 spiro atoms. The molecule has 1 fully saturated rings. The van der Waals surface area contributed by atoms with E-state index in [0.29, 0.717) is 30.9 Å². The Morgan fingerprint density at radius 1 is 1.53 bits per heavy atom. The van der Waals surface area contributed by atoms with Crippen molar-refractivity contribution in [2.75, 3.05) is 37.8 Å². The van der Waals surface area contributed by atoms with Gasteiger partial charge in [-0.3, -0.25) is 0 Å². The summed E-state index contributed by atoms with van der Waals surface area (Å²) >= 11 is 0. The van der Waals surface area contributed by atoms with Crippen molar-refractivity contribution in [2.45, 2.75) is 32.4 Å². The topological polar surface area (TPSA) is 76.3 Å². The summed E-state index contributed by atoms with van der Waals surface area (Å²) in [5.41, 5.74) is 5.81. The summed E-state index contributed by atoms with van der Waals surface area (Å²) in [6.45, 7) is 5.20. The summed E-state index contributed by atoms with van der Waals surface area (Å²) < 4.78 is 5.32. The van der Waals surface area contributed by atoms with Gasteiger partial charge < -0.3 is 20.7 Å². The molecule has 1 aliphatic heterocycles. The first kappa shape index (κ1) is 14.0. The van der Waals surface area contributed by atoms with Crippen LogP contribution < -0.4 is 11.1 Å². The highest BCUT2D eigenvalue weighted by molar-refractivity contribution is 5.45. The first-order valence-electron chi connectivity index (χ1n) is 6.83. The van der Waals surface area contributed by atoms with Gasteiger partial charge in [0.05, 0.1) is 0 Å². The Kier molecular flexibility index (Phi) is 4.93. The molecule has 3 N–H and O–H groups in total. The van der Waals surface area contributed by atoms with Gasteiger partial charge in [-0.25, -0.2) is 9.97 Å². The van der Waals surface area contributed by atoms with Gasteiger partial charge >= 0.3 is 0 Å². The minimum atomic E-state index is 0.404. The van der Waals surface area contributed by atoms with E-state index < -0.39 is 0 Å². The number of hydrogen-bond donors (Lipinski definition) is 2. The first-order chi connectivity index (χ1) is 9.17. The number of hydrogen-bond acceptors (Lipinski definition) is 6. The van der Waals surface area contributed by atoms with Crippen molar-refractivity contribution in [1.82, 2.24) is 14.9 Å². The molecule has 0 saturated carbocycles. The number of anilines is 2. The molecule has 2 rings (SSSR count). The number of rotatable bonds is 5. The predicted molar refractivity (Wildman–Crippen MR) is 75.9 cm³/mol. The van der Waals surface area contributed by atoms with Crippen LogP contribution in [0.1, 0.15) is 25.6 Å². The van der Waals surface area contributed by atoms with Gasteiger partial charge in [0.15, 0.2) is 5.82 Å². The third-order valence-electron chi connectivity index (χ3n) is 3.20. The van der Waals surface area contributed by atoms with Crippen LogP contribution in [0.25, 0.3) is 0 Å². The molecule has 6 heteroatoms.